The van der Waals surface area contributed by atoms with Gasteiger partial charge < -0.3 is 15.4 Å². The number of thiophene rings is 1. The molecule has 27 heavy (non-hydrogen) atoms. The highest BCUT2D eigenvalue weighted by Gasteiger charge is 2.19. The molecule has 1 aliphatic rings. The predicted molar refractivity (Wildman–Crippen MR) is 109 cm³/mol. The molecule has 5 nitrogen and oxygen atoms in total. The summed E-state index contributed by atoms with van der Waals surface area (Å²) in [7, 11) is 1.37. The summed E-state index contributed by atoms with van der Waals surface area (Å²) in [5, 5.41) is 8.33. The summed E-state index contributed by atoms with van der Waals surface area (Å²) in [5.74, 6) is 0.0924. The highest BCUT2D eigenvalue weighted by Crippen LogP contribution is 2.30. The SMILES string of the molecule is COC(=O)c1cccc(NC(=O)Cc2cccs2)c1NCC1CCCCC1. The van der Waals surface area contributed by atoms with Crippen LogP contribution in [0.4, 0.5) is 11.4 Å². The summed E-state index contributed by atoms with van der Waals surface area (Å²) in [4.78, 5) is 25.7. The Hall–Kier alpha value is -2.34. The Morgan fingerprint density at radius 1 is 1.15 bits per heavy atom. The van der Waals surface area contributed by atoms with Gasteiger partial charge in [0.2, 0.25) is 5.91 Å². The minimum Gasteiger partial charge on any atom is -0.465 e. The number of carbonyl (C=O) groups excluding carboxylic acids is 2. The minimum absolute atomic E-state index is 0.0971. The van der Waals surface area contributed by atoms with E-state index in [1.165, 1.54) is 39.2 Å². The number of anilines is 2. The number of ether oxygens (including phenoxy) is 1. The van der Waals surface area contributed by atoms with E-state index in [-0.39, 0.29) is 5.91 Å². The number of hydrogen-bond acceptors (Lipinski definition) is 5. The smallest absolute Gasteiger partial charge is 0.340 e. The molecule has 0 bridgehead atoms. The standard InChI is InChI=1S/C21H26N2O3S/c1-26-21(25)17-10-5-11-18(23-19(24)13-16-9-6-12-27-16)20(17)22-14-15-7-3-2-4-8-15/h5-6,9-12,15,22H,2-4,7-8,13-14H2,1H3,(H,23,24). The number of carbonyl (C=O) groups is 2. The van der Waals surface area contributed by atoms with Gasteiger partial charge in [0, 0.05) is 11.4 Å². The average molecular weight is 387 g/mol. The van der Waals surface area contributed by atoms with Gasteiger partial charge in [0.1, 0.15) is 0 Å². The van der Waals surface area contributed by atoms with E-state index in [1.54, 1.807) is 23.5 Å². The molecule has 0 radical (unpaired) electrons. The number of para-hydroxylation sites is 1. The number of methoxy groups -OCH3 is 1. The van der Waals surface area contributed by atoms with Gasteiger partial charge >= 0.3 is 5.97 Å². The van der Waals surface area contributed by atoms with E-state index < -0.39 is 5.97 Å². The van der Waals surface area contributed by atoms with Gasteiger partial charge in [-0.2, -0.15) is 0 Å². The number of amides is 1. The maximum atomic E-state index is 12.4. The molecule has 0 aliphatic heterocycles. The summed E-state index contributed by atoms with van der Waals surface area (Å²) in [6.07, 6.45) is 6.55. The molecular formula is C21H26N2O3S. The van der Waals surface area contributed by atoms with E-state index in [9.17, 15) is 9.59 Å². The first-order valence-electron chi connectivity index (χ1n) is 9.45. The fraction of sp³-hybridized carbons (Fsp3) is 0.429. The van der Waals surface area contributed by atoms with Gasteiger partial charge in [0.15, 0.2) is 0 Å². The molecule has 0 unspecified atom stereocenters. The molecule has 1 fully saturated rings. The molecule has 1 aliphatic carbocycles. The minimum atomic E-state index is -0.407. The first kappa shape index (κ1) is 19.4. The normalized spacial score (nSPS) is 14.6. The quantitative estimate of drug-likeness (QED) is 0.677. The first-order valence-corrected chi connectivity index (χ1v) is 10.3. The van der Waals surface area contributed by atoms with Crippen molar-refractivity contribution in [3.63, 3.8) is 0 Å². The topological polar surface area (TPSA) is 67.4 Å². The summed E-state index contributed by atoms with van der Waals surface area (Å²) in [6.45, 7) is 0.793. The number of esters is 1. The van der Waals surface area contributed by atoms with Gasteiger partial charge in [-0.15, -0.1) is 11.3 Å². The second kappa shape index (κ2) is 9.55. The van der Waals surface area contributed by atoms with Gasteiger partial charge in [-0.25, -0.2) is 4.79 Å². The van der Waals surface area contributed by atoms with Crippen LogP contribution in [0.3, 0.4) is 0 Å². The predicted octanol–water partition coefficient (Wildman–Crippen LogP) is 4.71. The molecule has 0 spiro atoms. The molecule has 6 heteroatoms. The molecule has 3 rings (SSSR count). The Morgan fingerprint density at radius 2 is 1.96 bits per heavy atom. The fourth-order valence-corrected chi connectivity index (χ4v) is 4.23. The molecule has 1 heterocycles. The molecule has 1 saturated carbocycles. The molecule has 2 aromatic rings. The molecule has 1 aromatic carbocycles. The van der Waals surface area contributed by atoms with Gasteiger partial charge in [-0.1, -0.05) is 31.4 Å². The van der Waals surface area contributed by atoms with E-state index in [4.69, 9.17) is 4.74 Å². The van der Waals surface area contributed by atoms with Crippen molar-refractivity contribution in [2.24, 2.45) is 5.92 Å². The summed E-state index contributed by atoms with van der Waals surface area (Å²) in [5.41, 5.74) is 1.71. The van der Waals surface area contributed by atoms with Crippen LogP contribution in [-0.4, -0.2) is 25.5 Å². The highest BCUT2D eigenvalue weighted by atomic mass is 32.1. The average Bonchev–Trinajstić information content (AvgIpc) is 3.19. The second-order valence-corrected chi connectivity index (χ2v) is 7.94. The lowest BCUT2D eigenvalue weighted by Crippen LogP contribution is -2.21. The van der Waals surface area contributed by atoms with Crippen LogP contribution in [-0.2, 0) is 16.0 Å². The van der Waals surface area contributed by atoms with Crippen LogP contribution in [0.15, 0.2) is 35.7 Å². The lowest BCUT2D eigenvalue weighted by molar-refractivity contribution is -0.115. The molecule has 2 N–H and O–H groups in total. The van der Waals surface area contributed by atoms with Crippen LogP contribution < -0.4 is 10.6 Å². The number of nitrogens with one attached hydrogen (secondary N) is 2. The first-order chi connectivity index (χ1) is 13.2. The number of rotatable bonds is 7. The largest absolute Gasteiger partial charge is 0.465 e. The zero-order valence-corrected chi connectivity index (χ0v) is 16.4. The molecule has 0 atom stereocenters. The van der Waals surface area contributed by atoms with E-state index in [1.807, 2.05) is 23.6 Å². The third kappa shape index (κ3) is 5.32. The van der Waals surface area contributed by atoms with Crippen molar-refractivity contribution in [3.8, 4) is 0 Å². The second-order valence-electron chi connectivity index (χ2n) is 6.91. The van der Waals surface area contributed by atoms with E-state index in [0.29, 0.717) is 29.3 Å². The van der Waals surface area contributed by atoms with Crippen LogP contribution in [0.5, 0.6) is 0 Å². The van der Waals surface area contributed by atoms with E-state index in [2.05, 4.69) is 10.6 Å². The molecule has 144 valence electrons. The van der Waals surface area contributed by atoms with Gasteiger partial charge in [0.05, 0.1) is 30.5 Å². The van der Waals surface area contributed by atoms with Crippen molar-refractivity contribution in [1.29, 1.82) is 0 Å². The third-order valence-corrected chi connectivity index (χ3v) is 5.83. The Labute approximate surface area is 164 Å². The Kier molecular flexibility index (Phi) is 6.87. The summed E-state index contributed by atoms with van der Waals surface area (Å²) < 4.78 is 4.92. The molecule has 1 amide bonds. The van der Waals surface area contributed by atoms with Crippen LogP contribution in [0, 0.1) is 5.92 Å². The zero-order chi connectivity index (χ0) is 19.1. The Bertz CT molecular complexity index is 768. The number of hydrogen-bond donors (Lipinski definition) is 2. The van der Waals surface area contributed by atoms with Crippen molar-refractivity contribution in [2.45, 2.75) is 38.5 Å². The van der Waals surface area contributed by atoms with E-state index >= 15 is 0 Å². The van der Waals surface area contributed by atoms with Gasteiger partial charge in [0.25, 0.3) is 0 Å². The zero-order valence-electron chi connectivity index (χ0n) is 15.6. The van der Waals surface area contributed by atoms with Crippen molar-refractivity contribution in [3.05, 3.63) is 46.2 Å². The molecular weight excluding hydrogens is 360 g/mol. The van der Waals surface area contributed by atoms with Crippen LogP contribution >= 0.6 is 11.3 Å². The van der Waals surface area contributed by atoms with Crippen LogP contribution in [0.25, 0.3) is 0 Å². The maximum absolute atomic E-state index is 12.4. The van der Waals surface area contributed by atoms with Crippen LogP contribution in [0.1, 0.15) is 47.3 Å². The van der Waals surface area contributed by atoms with Crippen molar-refractivity contribution >= 4 is 34.6 Å². The van der Waals surface area contributed by atoms with Gasteiger partial charge in [-0.3, -0.25) is 4.79 Å². The van der Waals surface area contributed by atoms with Crippen molar-refractivity contribution < 1.29 is 14.3 Å². The number of benzene rings is 1. The Morgan fingerprint density at radius 3 is 2.67 bits per heavy atom. The monoisotopic (exact) mass is 386 g/mol. The lowest BCUT2D eigenvalue weighted by Gasteiger charge is -2.24. The van der Waals surface area contributed by atoms with Gasteiger partial charge in [-0.05, 0) is 42.3 Å². The molecule has 1 aromatic heterocycles. The summed E-state index contributed by atoms with van der Waals surface area (Å²) >= 11 is 1.56. The highest BCUT2D eigenvalue weighted by molar-refractivity contribution is 7.10. The summed E-state index contributed by atoms with van der Waals surface area (Å²) in [6, 6.07) is 9.18. The van der Waals surface area contributed by atoms with E-state index in [0.717, 1.165) is 11.4 Å². The lowest BCUT2D eigenvalue weighted by atomic mass is 9.89. The van der Waals surface area contributed by atoms with Crippen molar-refractivity contribution in [2.75, 3.05) is 24.3 Å². The third-order valence-electron chi connectivity index (χ3n) is 4.95. The molecule has 0 saturated heterocycles. The Balaban J connectivity index is 1.76. The fourth-order valence-electron chi connectivity index (χ4n) is 3.53. The van der Waals surface area contributed by atoms with Crippen LogP contribution in [0.2, 0.25) is 0 Å². The van der Waals surface area contributed by atoms with Crippen molar-refractivity contribution in [1.82, 2.24) is 0 Å². The maximum Gasteiger partial charge on any atom is 0.340 e.